The predicted octanol–water partition coefficient (Wildman–Crippen LogP) is 1.81. The average Bonchev–Trinajstić information content (AvgIpc) is 2.88. The van der Waals surface area contributed by atoms with Crippen molar-refractivity contribution in [3.05, 3.63) is 24.0 Å². The van der Waals surface area contributed by atoms with Gasteiger partial charge in [-0.15, -0.1) is 0 Å². The Labute approximate surface area is 87.9 Å². The number of ether oxygens (including phenoxy) is 1. The van der Waals surface area contributed by atoms with Gasteiger partial charge >= 0.3 is 11.9 Å². The third-order valence-corrected chi connectivity index (χ3v) is 1.55. The molecule has 84 valence electrons. The maximum absolute atomic E-state index is 10.5. The number of cyclic esters (lactones) is 1. The molecule has 1 heterocycles. The summed E-state index contributed by atoms with van der Waals surface area (Å²) in [6.45, 7) is 6.79. The van der Waals surface area contributed by atoms with Gasteiger partial charge in [0.05, 0.1) is 0 Å². The predicted molar refractivity (Wildman–Crippen MR) is 52.6 cm³/mol. The van der Waals surface area contributed by atoms with Gasteiger partial charge in [0.2, 0.25) is 5.76 Å². The first-order valence-corrected chi connectivity index (χ1v) is 4.46. The fraction of sp³-hybridized carbons (Fsp3) is 0.400. The largest absolute Gasteiger partial charge is 0.414 e. The number of unbranched alkanes of at least 4 members (excludes halogenated alkanes) is 1. The fourth-order valence-corrected chi connectivity index (χ4v) is 0.603. The first-order chi connectivity index (χ1) is 7.02. The number of hydrogen-bond acceptors (Lipinski definition) is 5. The molecule has 0 bridgehead atoms. The monoisotopic (exact) mass is 214 g/mol. The standard InChI is InChI=1S/C7H12O3.C3H2O2/c1-3-4-5-6(2)7(8)10-9;1-2-3(4)5-2/h5,9H,3-4H2,1-2H3;1H2. The Balaban J connectivity index is 0.000000322. The van der Waals surface area contributed by atoms with Gasteiger partial charge < -0.3 is 4.74 Å². The Morgan fingerprint density at radius 2 is 2.13 bits per heavy atom. The molecule has 0 saturated carbocycles. The molecular formula is C10H14O5. The normalized spacial score (nSPS) is 13.7. The van der Waals surface area contributed by atoms with Crippen LogP contribution in [-0.4, -0.2) is 17.2 Å². The van der Waals surface area contributed by atoms with E-state index >= 15 is 0 Å². The molecule has 0 aromatic heterocycles. The quantitative estimate of drug-likeness (QED) is 0.335. The van der Waals surface area contributed by atoms with E-state index in [0.29, 0.717) is 5.57 Å². The van der Waals surface area contributed by atoms with Gasteiger partial charge in [-0.1, -0.05) is 19.4 Å². The highest BCUT2D eigenvalue weighted by Gasteiger charge is 2.26. The molecule has 1 saturated heterocycles. The van der Waals surface area contributed by atoms with Crippen molar-refractivity contribution < 1.29 is 24.5 Å². The third-order valence-electron chi connectivity index (χ3n) is 1.55. The average molecular weight is 214 g/mol. The van der Waals surface area contributed by atoms with E-state index in [1.54, 1.807) is 13.0 Å². The van der Waals surface area contributed by atoms with Crippen LogP contribution in [0.5, 0.6) is 0 Å². The van der Waals surface area contributed by atoms with E-state index in [-0.39, 0.29) is 11.7 Å². The Morgan fingerprint density at radius 1 is 1.67 bits per heavy atom. The summed E-state index contributed by atoms with van der Waals surface area (Å²) in [5.74, 6) is -0.663. The number of allylic oxidation sites excluding steroid dienone is 1. The van der Waals surface area contributed by atoms with E-state index in [2.05, 4.69) is 16.2 Å². The lowest BCUT2D eigenvalue weighted by Crippen LogP contribution is -2.01. The van der Waals surface area contributed by atoms with Gasteiger partial charge in [0, 0.05) is 5.57 Å². The van der Waals surface area contributed by atoms with E-state index < -0.39 is 5.97 Å². The SMILES string of the molecule is C=C1OC1=O.CCCC=C(C)C(=O)OO. The number of rotatable bonds is 3. The molecule has 1 aliphatic rings. The second-order valence-electron chi connectivity index (χ2n) is 2.87. The summed E-state index contributed by atoms with van der Waals surface area (Å²) in [6.07, 6.45) is 3.55. The van der Waals surface area contributed by atoms with Crippen molar-refractivity contribution in [2.24, 2.45) is 0 Å². The summed E-state index contributed by atoms with van der Waals surface area (Å²) < 4.78 is 4.08. The van der Waals surface area contributed by atoms with Gasteiger partial charge in [-0.3, -0.25) is 4.89 Å². The molecule has 1 rings (SSSR count). The molecule has 5 nitrogen and oxygen atoms in total. The molecule has 5 heteroatoms. The number of carbonyl (C=O) groups is 2. The van der Waals surface area contributed by atoms with Crippen LogP contribution in [0.15, 0.2) is 24.0 Å². The summed E-state index contributed by atoms with van der Waals surface area (Å²) in [4.78, 5) is 23.5. The lowest BCUT2D eigenvalue weighted by Gasteiger charge is -1.93. The molecule has 0 atom stereocenters. The van der Waals surface area contributed by atoms with Crippen LogP contribution in [-0.2, 0) is 19.2 Å². The zero-order valence-corrected chi connectivity index (χ0v) is 8.78. The Kier molecular flexibility index (Phi) is 6.05. The Bertz CT molecular complexity index is 278. The minimum Gasteiger partial charge on any atom is -0.414 e. The molecule has 0 aromatic carbocycles. The van der Waals surface area contributed by atoms with Crippen molar-refractivity contribution in [2.75, 3.05) is 0 Å². The molecule has 0 radical (unpaired) electrons. The van der Waals surface area contributed by atoms with Crippen molar-refractivity contribution in [3.8, 4) is 0 Å². The van der Waals surface area contributed by atoms with Crippen LogP contribution in [0.25, 0.3) is 0 Å². The van der Waals surface area contributed by atoms with Gasteiger partial charge in [-0.2, -0.15) is 5.26 Å². The Hall–Kier alpha value is -1.62. The van der Waals surface area contributed by atoms with Crippen LogP contribution in [0.1, 0.15) is 26.7 Å². The maximum atomic E-state index is 10.5. The van der Waals surface area contributed by atoms with E-state index in [1.807, 2.05) is 6.92 Å². The molecule has 0 amide bonds. The van der Waals surface area contributed by atoms with Gasteiger partial charge in [0.25, 0.3) is 0 Å². The maximum Gasteiger partial charge on any atom is 0.379 e. The lowest BCUT2D eigenvalue weighted by atomic mass is 10.2. The number of carbonyl (C=O) groups excluding carboxylic acids is 2. The van der Waals surface area contributed by atoms with E-state index in [0.717, 1.165) is 12.8 Å². The number of epoxide rings is 1. The number of hydrogen-bond donors (Lipinski definition) is 1. The van der Waals surface area contributed by atoms with Crippen LogP contribution >= 0.6 is 0 Å². The van der Waals surface area contributed by atoms with Crippen LogP contribution in [0.3, 0.4) is 0 Å². The van der Waals surface area contributed by atoms with Crippen LogP contribution in [0.2, 0.25) is 0 Å². The van der Waals surface area contributed by atoms with Crippen molar-refractivity contribution in [1.29, 1.82) is 0 Å². The topological polar surface area (TPSA) is 76.1 Å². The zero-order chi connectivity index (χ0) is 11.8. The smallest absolute Gasteiger partial charge is 0.379 e. The van der Waals surface area contributed by atoms with Gasteiger partial charge in [-0.05, 0) is 19.9 Å². The summed E-state index contributed by atoms with van der Waals surface area (Å²) in [5.41, 5.74) is 0.448. The minimum absolute atomic E-state index is 0.273. The van der Waals surface area contributed by atoms with E-state index in [1.165, 1.54) is 0 Å². The second kappa shape index (κ2) is 6.78. The van der Waals surface area contributed by atoms with Crippen LogP contribution in [0.4, 0.5) is 0 Å². The van der Waals surface area contributed by atoms with Crippen molar-refractivity contribution in [2.45, 2.75) is 26.7 Å². The van der Waals surface area contributed by atoms with Crippen LogP contribution < -0.4 is 0 Å². The first-order valence-electron chi connectivity index (χ1n) is 4.46. The summed E-state index contributed by atoms with van der Waals surface area (Å²) in [6, 6.07) is 0. The van der Waals surface area contributed by atoms with Gasteiger partial charge in [0.15, 0.2) is 0 Å². The summed E-state index contributed by atoms with van der Waals surface area (Å²) in [7, 11) is 0. The lowest BCUT2D eigenvalue weighted by molar-refractivity contribution is -0.229. The highest BCUT2D eigenvalue weighted by atomic mass is 17.1. The van der Waals surface area contributed by atoms with E-state index in [9.17, 15) is 9.59 Å². The molecule has 1 aliphatic heterocycles. The molecule has 15 heavy (non-hydrogen) atoms. The molecule has 0 aliphatic carbocycles. The molecule has 0 aromatic rings. The second-order valence-corrected chi connectivity index (χ2v) is 2.87. The Morgan fingerprint density at radius 3 is 2.40 bits per heavy atom. The molecule has 1 N–H and O–H groups in total. The molecule has 0 spiro atoms. The molecule has 1 fully saturated rings. The molecule has 0 unspecified atom stereocenters. The van der Waals surface area contributed by atoms with E-state index in [4.69, 9.17) is 5.26 Å². The van der Waals surface area contributed by atoms with Crippen molar-refractivity contribution in [1.82, 2.24) is 0 Å². The van der Waals surface area contributed by atoms with Gasteiger partial charge in [0.1, 0.15) is 0 Å². The first kappa shape index (κ1) is 13.4. The van der Waals surface area contributed by atoms with Gasteiger partial charge in [-0.25, -0.2) is 9.59 Å². The molecular weight excluding hydrogens is 200 g/mol. The highest BCUT2D eigenvalue weighted by molar-refractivity contribution is 5.99. The fourth-order valence-electron chi connectivity index (χ4n) is 0.603. The van der Waals surface area contributed by atoms with Crippen LogP contribution in [0, 0.1) is 0 Å². The van der Waals surface area contributed by atoms with Crippen molar-refractivity contribution in [3.63, 3.8) is 0 Å². The zero-order valence-electron chi connectivity index (χ0n) is 8.78. The highest BCUT2D eigenvalue weighted by Crippen LogP contribution is 2.11. The van der Waals surface area contributed by atoms with Crippen molar-refractivity contribution >= 4 is 11.9 Å². The third kappa shape index (κ3) is 6.45. The summed E-state index contributed by atoms with van der Waals surface area (Å²) in [5, 5.41) is 7.91. The summed E-state index contributed by atoms with van der Waals surface area (Å²) >= 11 is 0. The minimum atomic E-state index is -0.673.